The van der Waals surface area contributed by atoms with Crippen LogP contribution in [0.1, 0.15) is 20.3 Å². The lowest BCUT2D eigenvalue weighted by Gasteiger charge is -2.35. The molecule has 0 bridgehead atoms. The van der Waals surface area contributed by atoms with Crippen molar-refractivity contribution in [2.75, 3.05) is 32.7 Å². The van der Waals surface area contributed by atoms with Gasteiger partial charge < -0.3 is 15.1 Å². The van der Waals surface area contributed by atoms with Crippen molar-refractivity contribution in [2.24, 2.45) is 5.92 Å². The lowest BCUT2D eigenvalue weighted by atomic mass is 10.1. The van der Waals surface area contributed by atoms with Gasteiger partial charge in [0.05, 0.1) is 5.92 Å². The van der Waals surface area contributed by atoms with E-state index >= 15 is 0 Å². The molecule has 2 fully saturated rings. The second kappa shape index (κ2) is 6.38. The molecule has 2 saturated heterocycles. The van der Waals surface area contributed by atoms with Gasteiger partial charge in [-0.1, -0.05) is 0 Å². The summed E-state index contributed by atoms with van der Waals surface area (Å²) < 4.78 is 0. The molecular weight excluding hydrogens is 254 g/mol. The number of hydrogen-bond donors (Lipinski definition) is 1. The van der Waals surface area contributed by atoms with Crippen LogP contribution in [-0.4, -0.2) is 60.4 Å². The maximum absolute atomic E-state index is 12.3. The Kier molecular flexibility index (Phi) is 5.41. The van der Waals surface area contributed by atoms with Crippen LogP contribution in [0.3, 0.4) is 0 Å². The van der Waals surface area contributed by atoms with E-state index in [4.69, 9.17) is 0 Å². The van der Waals surface area contributed by atoms with Gasteiger partial charge >= 0.3 is 0 Å². The number of likely N-dealkylation sites (tertiary alicyclic amines) is 1. The van der Waals surface area contributed by atoms with E-state index in [9.17, 15) is 9.59 Å². The minimum absolute atomic E-state index is 0. The molecule has 5 nitrogen and oxygen atoms in total. The molecule has 2 rings (SSSR count). The number of amides is 2. The number of hydrogen-bond acceptors (Lipinski definition) is 3. The van der Waals surface area contributed by atoms with Gasteiger partial charge in [0.25, 0.3) is 0 Å². The summed E-state index contributed by atoms with van der Waals surface area (Å²) in [6.45, 7) is 7.79. The topological polar surface area (TPSA) is 52.7 Å². The molecule has 1 N–H and O–H groups in total. The maximum atomic E-state index is 12.3. The van der Waals surface area contributed by atoms with Gasteiger partial charge in [0.2, 0.25) is 11.8 Å². The van der Waals surface area contributed by atoms with Gasteiger partial charge in [-0.25, -0.2) is 0 Å². The fraction of sp³-hybridized carbons (Fsp3) is 0.833. The van der Waals surface area contributed by atoms with Crippen molar-refractivity contribution >= 4 is 24.2 Å². The van der Waals surface area contributed by atoms with Crippen molar-refractivity contribution in [3.8, 4) is 0 Å². The summed E-state index contributed by atoms with van der Waals surface area (Å²) in [5.74, 6) is 0.153. The summed E-state index contributed by atoms with van der Waals surface area (Å²) in [5, 5.41) is 3.27. The molecule has 2 heterocycles. The Morgan fingerprint density at radius 2 is 2.22 bits per heavy atom. The fourth-order valence-electron chi connectivity index (χ4n) is 2.65. The van der Waals surface area contributed by atoms with Crippen molar-refractivity contribution in [3.05, 3.63) is 0 Å². The molecule has 0 aromatic heterocycles. The molecule has 0 saturated carbocycles. The zero-order valence-corrected chi connectivity index (χ0v) is 11.8. The van der Waals surface area contributed by atoms with E-state index in [-0.39, 0.29) is 36.2 Å². The van der Waals surface area contributed by atoms with E-state index in [0.29, 0.717) is 19.5 Å². The third kappa shape index (κ3) is 2.95. The number of halogens is 1. The van der Waals surface area contributed by atoms with E-state index in [1.807, 2.05) is 11.8 Å². The first-order valence-electron chi connectivity index (χ1n) is 6.42. The predicted molar refractivity (Wildman–Crippen MR) is 71.7 cm³/mol. The Bertz CT molecular complexity index is 324. The Balaban J connectivity index is 0.00000162. The molecular formula is C12H22ClN3O2. The Labute approximate surface area is 114 Å². The highest BCUT2D eigenvalue weighted by molar-refractivity contribution is 5.89. The van der Waals surface area contributed by atoms with E-state index in [1.165, 1.54) is 0 Å². The van der Waals surface area contributed by atoms with E-state index in [2.05, 4.69) is 12.2 Å². The number of nitrogens with zero attached hydrogens (tertiary/aromatic N) is 2. The quantitative estimate of drug-likeness (QED) is 0.778. The number of rotatable bonds is 2. The van der Waals surface area contributed by atoms with Crippen LogP contribution >= 0.6 is 12.4 Å². The van der Waals surface area contributed by atoms with Crippen LogP contribution in [0.15, 0.2) is 0 Å². The normalized spacial score (nSPS) is 28.2. The number of carbonyl (C=O) groups is 2. The van der Waals surface area contributed by atoms with Crippen LogP contribution in [0.2, 0.25) is 0 Å². The Morgan fingerprint density at radius 3 is 2.78 bits per heavy atom. The summed E-state index contributed by atoms with van der Waals surface area (Å²) >= 11 is 0. The first-order chi connectivity index (χ1) is 8.13. The largest absolute Gasteiger partial charge is 0.342 e. The Hall–Kier alpha value is -0.810. The summed E-state index contributed by atoms with van der Waals surface area (Å²) in [6.07, 6.45) is 0.392. The molecule has 6 heteroatoms. The first kappa shape index (κ1) is 15.2. The average molecular weight is 276 g/mol. The standard InChI is InChI=1S/C12H21N3O2.ClH/c1-3-14-8-10(6-11(14)16)12(17)15-5-4-13-7-9(15)2;/h9-10,13H,3-8H2,1-2H3;1H/t9-,10?;/m1./s1. The van der Waals surface area contributed by atoms with Crippen molar-refractivity contribution < 1.29 is 9.59 Å². The van der Waals surface area contributed by atoms with Gasteiger partial charge in [0, 0.05) is 45.2 Å². The highest BCUT2D eigenvalue weighted by Crippen LogP contribution is 2.21. The fourth-order valence-corrected chi connectivity index (χ4v) is 2.65. The molecule has 0 spiro atoms. The second-order valence-corrected chi connectivity index (χ2v) is 4.92. The molecule has 0 aliphatic carbocycles. The number of nitrogens with one attached hydrogen (secondary N) is 1. The van der Waals surface area contributed by atoms with Gasteiger partial charge in [0.15, 0.2) is 0 Å². The summed E-state index contributed by atoms with van der Waals surface area (Å²) in [7, 11) is 0. The lowest BCUT2D eigenvalue weighted by Crippen LogP contribution is -2.54. The van der Waals surface area contributed by atoms with Crippen LogP contribution in [-0.2, 0) is 9.59 Å². The van der Waals surface area contributed by atoms with Crippen LogP contribution < -0.4 is 5.32 Å². The third-order valence-corrected chi connectivity index (χ3v) is 3.73. The smallest absolute Gasteiger partial charge is 0.228 e. The summed E-state index contributed by atoms with van der Waals surface area (Å²) in [4.78, 5) is 27.7. The van der Waals surface area contributed by atoms with E-state index < -0.39 is 0 Å². The van der Waals surface area contributed by atoms with E-state index in [1.54, 1.807) is 4.90 Å². The van der Waals surface area contributed by atoms with Crippen molar-refractivity contribution in [1.82, 2.24) is 15.1 Å². The predicted octanol–water partition coefficient (Wildman–Crippen LogP) is 0.0969. The maximum Gasteiger partial charge on any atom is 0.228 e. The molecule has 0 aromatic carbocycles. The minimum Gasteiger partial charge on any atom is -0.342 e. The number of carbonyl (C=O) groups excluding carboxylic acids is 2. The Morgan fingerprint density at radius 1 is 1.50 bits per heavy atom. The monoisotopic (exact) mass is 275 g/mol. The SMILES string of the molecule is CCN1CC(C(=O)N2CCNC[C@H]2C)CC1=O.Cl. The molecule has 2 atom stereocenters. The third-order valence-electron chi connectivity index (χ3n) is 3.73. The van der Waals surface area contributed by atoms with Gasteiger partial charge in [-0.3, -0.25) is 9.59 Å². The second-order valence-electron chi connectivity index (χ2n) is 4.92. The summed E-state index contributed by atoms with van der Waals surface area (Å²) in [6, 6.07) is 0.238. The molecule has 2 amide bonds. The van der Waals surface area contributed by atoms with Gasteiger partial charge in [0.1, 0.15) is 0 Å². The molecule has 2 aliphatic rings. The molecule has 0 radical (unpaired) electrons. The molecule has 18 heavy (non-hydrogen) atoms. The molecule has 1 unspecified atom stereocenters. The number of piperazine rings is 1. The zero-order valence-electron chi connectivity index (χ0n) is 11.0. The van der Waals surface area contributed by atoms with Crippen LogP contribution in [0.4, 0.5) is 0 Å². The van der Waals surface area contributed by atoms with E-state index in [0.717, 1.165) is 19.6 Å². The minimum atomic E-state index is -0.122. The van der Waals surface area contributed by atoms with Gasteiger partial charge in [-0.05, 0) is 13.8 Å². The lowest BCUT2D eigenvalue weighted by molar-refractivity contribution is -0.138. The average Bonchev–Trinajstić information content (AvgIpc) is 2.70. The zero-order chi connectivity index (χ0) is 12.4. The van der Waals surface area contributed by atoms with Crippen LogP contribution in [0.25, 0.3) is 0 Å². The first-order valence-corrected chi connectivity index (χ1v) is 6.42. The molecule has 0 aromatic rings. The van der Waals surface area contributed by atoms with Crippen molar-refractivity contribution in [3.63, 3.8) is 0 Å². The highest BCUT2D eigenvalue weighted by atomic mass is 35.5. The molecule has 2 aliphatic heterocycles. The summed E-state index contributed by atoms with van der Waals surface area (Å²) in [5.41, 5.74) is 0. The van der Waals surface area contributed by atoms with Crippen LogP contribution in [0.5, 0.6) is 0 Å². The van der Waals surface area contributed by atoms with Gasteiger partial charge in [-0.15, -0.1) is 12.4 Å². The van der Waals surface area contributed by atoms with Crippen molar-refractivity contribution in [1.29, 1.82) is 0 Å². The van der Waals surface area contributed by atoms with Crippen molar-refractivity contribution in [2.45, 2.75) is 26.3 Å². The van der Waals surface area contributed by atoms with Gasteiger partial charge in [-0.2, -0.15) is 0 Å². The molecule has 104 valence electrons. The highest BCUT2D eigenvalue weighted by Gasteiger charge is 2.37. The van der Waals surface area contributed by atoms with Crippen LogP contribution in [0, 0.1) is 5.92 Å².